The van der Waals surface area contributed by atoms with Crippen LogP contribution in [0.3, 0.4) is 0 Å². The van der Waals surface area contributed by atoms with E-state index in [0.29, 0.717) is 11.3 Å². The zero-order valence-corrected chi connectivity index (χ0v) is 16.7. The molecule has 1 aromatic heterocycles. The third kappa shape index (κ3) is 5.17. The highest BCUT2D eigenvalue weighted by Gasteiger charge is 2.15. The van der Waals surface area contributed by atoms with E-state index >= 15 is 0 Å². The highest BCUT2D eigenvalue weighted by Crippen LogP contribution is 2.20. The first kappa shape index (κ1) is 20.0. The topological polar surface area (TPSA) is 75.3 Å². The lowest BCUT2D eigenvalue weighted by Crippen LogP contribution is -2.28. The van der Waals surface area contributed by atoms with Gasteiger partial charge >= 0.3 is 0 Å². The van der Waals surface area contributed by atoms with E-state index in [1.807, 2.05) is 0 Å². The van der Waals surface area contributed by atoms with E-state index in [2.05, 4.69) is 10.0 Å². The lowest BCUT2D eigenvalue weighted by molar-refractivity contribution is -0.121. The zero-order valence-electron chi connectivity index (χ0n) is 15.1. The second-order valence-electron chi connectivity index (χ2n) is 6.26. The average Bonchev–Trinajstić information content (AvgIpc) is 3.19. The van der Waals surface area contributed by atoms with E-state index in [4.69, 9.17) is 0 Å². The standard InChI is InChI=1S/C20H19FN2O3S2/c1-14(16-4-2-5-17(21)13-16)22-19(24)12-15-7-9-18(10-8-15)23-28(25,26)20-6-3-11-27-20/h2-11,13-14,23H,12H2,1H3,(H,22,24). The summed E-state index contributed by atoms with van der Waals surface area (Å²) < 4.78 is 40.5. The normalized spacial score (nSPS) is 12.4. The largest absolute Gasteiger partial charge is 0.349 e. The van der Waals surface area contributed by atoms with Gasteiger partial charge in [-0.05, 0) is 53.8 Å². The summed E-state index contributed by atoms with van der Waals surface area (Å²) >= 11 is 1.14. The van der Waals surface area contributed by atoms with Crippen molar-refractivity contribution >= 4 is 33.0 Å². The molecule has 2 N–H and O–H groups in total. The molecule has 0 bridgehead atoms. The van der Waals surface area contributed by atoms with Gasteiger partial charge in [0.2, 0.25) is 5.91 Å². The Kier molecular flexibility index (Phi) is 6.11. The van der Waals surface area contributed by atoms with Crippen molar-refractivity contribution < 1.29 is 17.6 Å². The molecule has 1 heterocycles. The Morgan fingerprint density at radius 2 is 1.86 bits per heavy atom. The van der Waals surface area contributed by atoms with Crippen molar-refractivity contribution in [3.63, 3.8) is 0 Å². The van der Waals surface area contributed by atoms with Crippen molar-refractivity contribution in [3.05, 3.63) is 83.0 Å². The van der Waals surface area contributed by atoms with Gasteiger partial charge in [0.25, 0.3) is 10.0 Å². The van der Waals surface area contributed by atoms with Gasteiger partial charge in [0, 0.05) is 5.69 Å². The summed E-state index contributed by atoms with van der Waals surface area (Å²) in [5, 5.41) is 4.52. The number of rotatable bonds is 7. The van der Waals surface area contributed by atoms with Crippen molar-refractivity contribution in [2.45, 2.75) is 23.6 Å². The second-order valence-corrected chi connectivity index (χ2v) is 9.11. The molecule has 8 heteroatoms. The highest BCUT2D eigenvalue weighted by molar-refractivity contribution is 7.94. The maximum absolute atomic E-state index is 13.3. The molecule has 0 spiro atoms. The molecule has 0 saturated carbocycles. The van der Waals surface area contributed by atoms with Crippen LogP contribution in [0.25, 0.3) is 0 Å². The first-order valence-corrected chi connectivity index (χ1v) is 10.9. The van der Waals surface area contributed by atoms with E-state index in [9.17, 15) is 17.6 Å². The molecular weight excluding hydrogens is 399 g/mol. The summed E-state index contributed by atoms with van der Waals surface area (Å²) in [5.74, 6) is -0.553. The monoisotopic (exact) mass is 418 g/mol. The van der Waals surface area contributed by atoms with Gasteiger partial charge in [0.15, 0.2) is 0 Å². The van der Waals surface area contributed by atoms with Crippen LogP contribution < -0.4 is 10.0 Å². The average molecular weight is 419 g/mol. The second kappa shape index (κ2) is 8.53. The Morgan fingerprint density at radius 1 is 1.11 bits per heavy atom. The van der Waals surface area contributed by atoms with Crippen LogP contribution in [0.1, 0.15) is 24.1 Å². The van der Waals surface area contributed by atoms with Gasteiger partial charge in [-0.2, -0.15) is 0 Å². The molecule has 0 aliphatic heterocycles. The zero-order chi connectivity index (χ0) is 20.1. The molecular formula is C20H19FN2O3S2. The minimum Gasteiger partial charge on any atom is -0.349 e. The number of halogens is 1. The Bertz CT molecular complexity index is 1050. The Labute approximate surface area is 167 Å². The molecule has 0 fully saturated rings. The Balaban J connectivity index is 1.58. The summed E-state index contributed by atoms with van der Waals surface area (Å²) in [6.45, 7) is 1.79. The van der Waals surface area contributed by atoms with Crippen LogP contribution in [0, 0.1) is 5.82 Å². The number of hydrogen-bond acceptors (Lipinski definition) is 4. The van der Waals surface area contributed by atoms with Crippen molar-refractivity contribution in [3.8, 4) is 0 Å². The number of hydrogen-bond donors (Lipinski definition) is 2. The molecule has 2 aromatic carbocycles. The maximum Gasteiger partial charge on any atom is 0.271 e. The van der Waals surface area contributed by atoms with Gasteiger partial charge in [-0.1, -0.05) is 30.3 Å². The molecule has 0 aliphatic carbocycles. The lowest BCUT2D eigenvalue weighted by atomic mass is 10.1. The molecule has 3 rings (SSSR count). The molecule has 0 saturated heterocycles. The number of carbonyl (C=O) groups is 1. The summed E-state index contributed by atoms with van der Waals surface area (Å²) in [6.07, 6.45) is 0.137. The molecule has 5 nitrogen and oxygen atoms in total. The van der Waals surface area contributed by atoms with E-state index in [-0.39, 0.29) is 28.4 Å². The molecule has 146 valence electrons. The van der Waals surface area contributed by atoms with Gasteiger partial charge in [0.05, 0.1) is 12.5 Å². The minimum absolute atomic E-state index is 0.137. The lowest BCUT2D eigenvalue weighted by Gasteiger charge is -2.14. The quantitative estimate of drug-likeness (QED) is 0.606. The number of benzene rings is 2. The SMILES string of the molecule is CC(NC(=O)Cc1ccc(NS(=O)(=O)c2cccs2)cc1)c1cccc(F)c1. The van der Waals surface area contributed by atoms with Crippen LogP contribution >= 0.6 is 11.3 Å². The summed E-state index contributed by atoms with van der Waals surface area (Å²) in [5.41, 5.74) is 1.85. The third-order valence-electron chi connectivity index (χ3n) is 4.06. The minimum atomic E-state index is -3.60. The summed E-state index contributed by atoms with van der Waals surface area (Å²) in [6, 6.07) is 15.6. The summed E-state index contributed by atoms with van der Waals surface area (Å²) in [4.78, 5) is 12.2. The van der Waals surface area contributed by atoms with Crippen LogP contribution in [0.4, 0.5) is 10.1 Å². The number of amides is 1. The van der Waals surface area contributed by atoms with E-state index in [0.717, 1.165) is 16.9 Å². The fourth-order valence-electron chi connectivity index (χ4n) is 2.65. The molecule has 1 atom stereocenters. The Morgan fingerprint density at radius 3 is 2.50 bits per heavy atom. The first-order valence-electron chi connectivity index (χ1n) is 8.53. The van der Waals surface area contributed by atoms with Crippen LogP contribution in [0.2, 0.25) is 0 Å². The number of sulfonamides is 1. The van der Waals surface area contributed by atoms with E-state index in [1.165, 1.54) is 18.2 Å². The van der Waals surface area contributed by atoms with Crippen LogP contribution in [0.15, 0.2) is 70.3 Å². The van der Waals surface area contributed by atoms with Crippen molar-refractivity contribution in [1.82, 2.24) is 5.32 Å². The summed E-state index contributed by atoms with van der Waals surface area (Å²) in [7, 11) is -3.60. The smallest absolute Gasteiger partial charge is 0.271 e. The number of carbonyl (C=O) groups excluding carboxylic acids is 1. The third-order valence-corrected chi connectivity index (χ3v) is 6.84. The van der Waals surface area contributed by atoms with Crippen LogP contribution in [-0.4, -0.2) is 14.3 Å². The maximum atomic E-state index is 13.3. The molecule has 1 unspecified atom stereocenters. The molecule has 28 heavy (non-hydrogen) atoms. The number of anilines is 1. The van der Waals surface area contributed by atoms with Crippen LogP contribution in [0.5, 0.6) is 0 Å². The predicted octanol–water partition coefficient (Wildman–Crippen LogP) is 4.11. The fraction of sp³-hybridized carbons (Fsp3) is 0.150. The van der Waals surface area contributed by atoms with Gasteiger partial charge in [-0.15, -0.1) is 11.3 Å². The number of nitrogens with one attached hydrogen (secondary N) is 2. The van der Waals surface area contributed by atoms with Gasteiger partial charge in [-0.25, -0.2) is 12.8 Å². The van der Waals surface area contributed by atoms with Gasteiger partial charge < -0.3 is 5.32 Å². The first-order chi connectivity index (χ1) is 13.3. The highest BCUT2D eigenvalue weighted by atomic mass is 32.2. The number of thiophene rings is 1. The van der Waals surface area contributed by atoms with Crippen LogP contribution in [-0.2, 0) is 21.2 Å². The van der Waals surface area contributed by atoms with Crippen molar-refractivity contribution in [2.24, 2.45) is 0 Å². The molecule has 3 aromatic rings. The van der Waals surface area contributed by atoms with Gasteiger partial charge in [-0.3, -0.25) is 9.52 Å². The molecule has 1 amide bonds. The van der Waals surface area contributed by atoms with Crippen molar-refractivity contribution in [1.29, 1.82) is 0 Å². The van der Waals surface area contributed by atoms with Gasteiger partial charge in [0.1, 0.15) is 10.0 Å². The van der Waals surface area contributed by atoms with Crippen molar-refractivity contribution in [2.75, 3.05) is 4.72 Å². The predicted molar refractivity (Wildman–Crippen MR) is 108 cm³/mol. The van der Waals surface area contributed by atoms with E-state index in [1.54, 1.807) is 54.8 Å². The fourth-order valence-corrected chi connectivity index (χ4v) is 4.70. The Hall–Kier alpha value is -2.71. The van der Waals surface area contributed by atoms with E-state index < -0.39 is 10.0 Å². The molecule has 0 aliphatic rings. The molecule has 0 radical (unpaired) electrons.